The van der Waals surface area contributed by atoms with Crippen LogP contribution >= 0.6 is 0 Å². The van der Waals surface area contributed by atoms with Gasteiger partial charge in [-0.25, -0.2) is 0 Å². The van der Waals surface area contributed by atoms with E-state index in [1.54, 1.807) is 3.28 Å². The van der Waals surface area contributed by atoms with Crippen LogP contribution in [0.2, 0.25) is 0 Å². The molecule has 5 rings (SSSR count). The molecule has 4 aromatic rings. The summed E-state index contributed by atoms with van der Waals surface area (Å²) in [5.74, 6) is 0. The molecule has 0 radical (unpaired) electrons. The molecule has 0 amide bonds. The fourth-order valence-electron chi connectivity index (χ4n) is 4.26. The Morgan fingerprint density at radius 1 is 0.588 bits per heavy atom. The molecule has 0 aliphatic heterocycles. The van der Waals surface area contributed by atoms with Crippen LogP contribution in [-0.4, -0.2) is 0 Å². The van der Waals surface area contributed by atoms with Gasteiger partial charge in [0.15, 0.2) is 0 Å². The van der Waals surface area contributed by atoms with Gasteiger partial charge in [0.25, 0.3) is 0 Å². The predicted molar refractivity (Wildman–Crippen MR) is 142 cm³/mol. The van der Waals surface area contributed by atoms with Crippen LogP contribution in [-0.2, 0) is 23.2 Å². The molecule has 1 heteroatoms. The Bertz CT molecular complexity index is 1340. The van der Waals surface area contributed by atoms with Crippen LogP contribution < -0.4 is 0 Å². The van der Waals surface area contributed by atoms with Gasteiger partial charge in [0, 0.05) is 0 Å². The van der Waals surface area contributed by atoms with E-state index >= 15 is 0 Å². The third-order valence-corrected chi connectivity index (χ3v) is 9.54. The van der Waals surface area contributed by atoms with E-state index in [9.17, 15) is 0 Å². The molecule has 1 aliphatic carbocycles. The molecule has 0 spiro atoms. The number of rotatable bonds is 7. The molecule has 34 heavy (non-hydrogen) atoms. The van der Waals surface area contributed by atoms with Gasteiger partial charge < -0.3 is 0 Å². The minimum absolute atomic E-state index is 1.05. The molecule has 0 N–H and O–H groups in total. The van der Waals surface area contributed by atoms with Crippen molar-refractivity contribution in [3.05, 3.63) is 165 Å². The van der Waals surface area contributed by atoms with Gasteiger partial charge in [-0.05, 0) is 0 Å². The number of hydrogen-bond donors (Lipinski definition) is 0. The molecule has 0 fully saturated rings. The Kier molecular flexibility index (Phi) is 7.44. The number of allylic oxidation sites excluding steroid dienone is 6. The van der Waals surface area contributed by atoms with Crippen LogP contribution in [0.3, 0.4) is 0 Å². The van der Waals surface area contributed by atoms with Crippen molar-refractivity contribution < 1.29 is 23.2 Å². The van der Waals surface area contributed by atoms with Crippen LogP contribution in [0.15, 0.2) is 143 Å². The normalized spacial score (nSPS) is 13.9. The summed E-state index contributed by atoms with van der Waals surface area (Å²) in [5.41, 5.74) is 7.73. The topological polar surface area (TPSA) is 0 Å². The first kappa shape index (κ1) is 22.5. The zero-order chi connectivity index (χ0) is 23.0. The second-order valence-electron chi connectivity index (χ2n) is 8.27. The molecule has 0 aromatic heterocycles. The van der Waals surface area contributed by atoms with Gasteiger partial charge in [-0.2, -0.15) is 0 Å². The van der Waals surface area contributed by atoms with E-state index in [1.165, 1.54) is 36.7 Å². The molecule has 0 unspecified atom stereocenters. The first-order valence-electron chi connectivity index (χ1n) is 11.7. The van der Waals surface area contributed by atoms with Crippen LogP contribution in [0, 0.1) is 0 Å². The van der Waals surface area contributed by atoms with Crippen LogP contribution in [0.25, 0.3) is 20.5 Å². The van der Waals surface area contributed by atoms with E-state index in [2.05, 4.69) is 146 Å². The van der Waals surface area contributed by atoms with Gasteiger partial charge >= 0.3 is 215 Å². The summed E-state index contributed by atoms with van der Waals surface area (Å²) in [6, 6.07) is 43.5. The first-order chi connectivity index (χ1) is 16.9. The molecule has 0 saturated carbocycles. The SMILES string of the molecule is C1=CC[C]([Zr]/[C](=C(/C(=C\c2ccccc2)c2ccccc2)c2ccccc2)c2ccccc2)=C1. The predicted octanol–water partition coefficient (Wildman–Crippen LogP) is 8.72. The minimum atomic E-state index is -1.05. The van der Waals surface area contributed by atoms with E-state index in [1.807, 2.05) is 0 Å². The van der Waals surface area contributed by atoms with Gasteiger partial charge in [0.1, 0.15) is 0 Å². The molecular formula is C33H26Zr. The summed E-state index contributed by atoms with van der Waals surface area (Å²) >= 11 is -1.05. The fraction of sp³-hybridized carbons (Fsp3) is 0.0303. The maximum absolute atomic E-state index is 2.36. The number of benzene rings is 4. The van der Waals surface area contributed by atoms with E-state index in [4.69, 9.17) is 0 Å². The van der Waals surface area contributed by atoms with Crippen molar-refractivity contribution in [3.8, 4) is 0 Å². The van der Waals surface area contributed by atoms with Crippen molar-refractivity contribution in [1.82, 2.24) is 0 Å². The molecule has 0 nitrogen and oxygen atoms in total. The summed E-state index contributed by atoms with van der Waals surface area (Å²) in [4.78, 5) is 0. The van der Waals surface area contributed by atoms with Crippen LogP contribution in [0.1, 0.15) is 28.7 Å². The average Bonchev–Trinajstić information content (AvgIpc) is 3.43. The van der Waals surface area contributed by atoms with Gasteiger partial charge in [0.2, 0.25) is 0 Å². The van der Waals surface area contributed by atoms with Gasteiger partial charge in [-0.15, -0.1) is 0 Å². The standard InChI is InChI=1S/C28H21.C5H5.Zr/c1-5-13-23(14-6-1)21-27(25-17-9-3-10-18-25)28(26-19-11-4-12-20-26)22-24-15-7-2-8-16-24;1-2-4-5-3-1;/h1-21H;1-3H,4H2;/b27-21-,28-22?;;. The molecular weight excluding hydrogens is 488 g/mol. The third-order valence-electron chi connectivity index (χ3n) is 5.90. The average molecular weight is 514 g/mol. The van der Waals surface area contributed by atoms with Crippen molar-refractivity contribution in [2.45, 2.75) is 6.42 Å². The third kappa shape index (κ3) is 5.44. The fourth-order valence-corrected chi connectivity index (χ4v) is 7.79. The van der Waals surface area contributed by atoms with Gasteiger partial charge in [0.05, 0.1) is 0 Å². The Labute approximate surface area is 214 Å². The van der Waals surface area contributed by atoms with Crippen molar-refractivity contribution in [2.75, 3.05) is 0 Å². The molecule has 0 heterocycles. The van der Waals surface area contributed by atoms with E-state index in [0.29, 0.717) is 0 Å². The van der Waals surface area contributed by atoms with Crippen LogP contribution in [0.5, 0.6) is 0 Å². The second-order valence-corrected chi connectivity index (χ2v) is 11.7. The van der Waals surface area contributed by atoms with Gasteiger partial charge in [-0.3, -0.25) is 0 Å². The van der Waals surface area contributed by atoms with Crippen molar-refractivity contribution >= 4 is 20.5 Å². The van der Waals surface area contributed by atoms with Crippen LogP contribution in [0.4, 0.5) is 0 Å². The zero-order valence-electron chi connectivity index (χ0n) is 19.1. The van der Waals surface area contributed by atoms with Crippen molar-refractivity contribution in [1.29, 1.82) is 0 Å². The van der Waals surface area contributed by atoms with Crippen molar-refractivity contribution in [2.24, 2.45) is 0 Å². The van der Waals surface area contributed by atoms with Crippen molar-refractivity contribution in [3.63, 3.8) is 0 Å². The summed E-state index contributed by atoms with van der Waals surface area (Å²) in [6.07, 6.45) is 10.3. The monoisotopic (exact) mass is 512 g/mol. The molecule has 162 valence electrons. The molecule has 1 aliphatic rings. The summed E-state index contributed by atoms with van der Waals surface area (Å²) in [5, 5.41) is 0. The molecule has 4 aromatic carbocycles. The summed E-state index contributed by atoms with van der Waals surface area (Å²) in [7, 11) is 0. The Morgan fingerprint density at radius 3 is 1.68 bits per heavy atom. The summed E-state index contributed by atoms with van der Waals surface area (Å²) < 4.78 is 3.14. The van der Waals surface area contributed by atoms with E-state index in [-0.39, 0.29) is 0 Å². The Hall–Kier alpha value is -3.28. The first-order valence-corrected chi connectivity index (χ1v) is 14.1. The van der Waals surface area contributed by atoms with Gasteiger partial charge in [-0.1, -0.05) is 0 Å². The Morgan fingerprint density at radius 2 is 1.12 bits per heavy atom. The molecule has 0 saturated heterocycles. The number of hydrogen-bond acceptors (Lipinski definition) is 0. The molecule has 0 bridgehead atoms. The second kappa shape index (κ2) is 11.2. The summed E-state index contributed by atoms with van der Waals surface area (Å²) in [6.45, 7) is 0. The zero-order valence-corrected chi connectivity index (χ0v) is 21.5. The Balaban J connectivity index is 1.82. The van der Waals surface area contributed by atoms with E-state index in [0.717, 1.165) is 6.42 Å². The quantitative estimate of drug-likeness (QED) is 0.171. The maximum atomic E-state index is 2.36. The van der Waals surface area contributed by atoms with E-state index < -0.39 is 23.2 Å². The molecule has 0 atom stereocenters.